The number of benzene rings is 1. The van der Waals surface area contributed by atoms with Crippen molar-refractivity contribution < 1.29 is 14.4 Å². The highest BCUT2D eigenvalue weighted by Crippen LogP contribution is 2.33. The Balaban J connectivity index is 1.77. The van der Waals surface area contributed by atoms with Crippen LogP contribution in [-0.4, -0.2) is 34.5 Å². The molecule has 108 valence electrons. The zero-order chi connectivity index (χ0) is 14.4. The number of rotatable bonds is 4. The van der Waals surface area contributed by atoms with Gasteiger partial charge in [-0.1, -0.05) is 35.1 Å². The van der Waals surface area contributed by atoms with Crippen LogP contribution in [0.25, 0.3) is 0 Å². The lowest BCUT2D eigenvalue weighted by Gasteiger charge is -2.12. The summed E-state index contributed by atoms with van der Waals surface area (Å²) in [4.78, 5) is 17.7. The molecule has 1 atom stereocenters. The van der Waals surface area contributed by atoms with Gasteiger partial charge in [-0.05, 0) is 29.9 Å². The second-order valence-electron chi connectivity index (χ2n) is 3.83. The molecule has 1 aliphatic rings. The fourth-order valence-electron chi connectivity index (χ4n) is 1.23. The lowest BCUT2D eigenvalue weighted by Crippen LogP contribution is -2.19. The Morgan fingerprint density at radius 2 is 2.25 bits per heavy atom. The number of oxime groups is 1. The Hall–Kier alpha value is -0.830. The minimum absolute atomic E-state index is 0.107. The van der Waals surface area contributed by atoms with Crippen molar-refractivity contribution in [2.24, 2.45) is 5.16 Å². The van der Waals surface area contributed by atoms with E-state index in [1.807, 2.05) is 37.3 Å². The molecule has 1 aromatic rings. The summed E-state index contributed by atoms with van der Waals surface area (Å²) in [6, 6.07) is 9.81. The van der Waals surface area contributed by atoms with Gasteiger partial charge in [-0.2, -0.15) is 0 Å². The van der Waals surface area contributed by atoms with Crippen LogP contribution in [0.1, 0.15) is 6.92 Å². The van der Waals surface area contributed by atoms with Gasteiger partial charge < -0.3 is 4.74 Å². The Morgan fingerprint density at radius 1 is 1.50 bits per heavy atom. The zero-order valence-corrected chi connectivity index (χ0v) is 13.5. The van der Waals surface area contributed by atoms with E-state index in [2.05, 4.69) is 5.16 Å². The van der Waals surface area contributed by atoms with E-state index in [9.17, 15) is 4.79 Å². The molecule has 5 nitrogen and oxygen atoms in total. The first kappa shape index (κ1) is 15.6. The summed E-state index contributed by atoms with van der Waals surface area (Å²) in [6.45, 7) is 1.87. The molecule has 0 bridgehead atoms. The van der Waals surface area contributed by atoms with Crippen molar-refractivity contribution in [3.05, 3.63) is 30.3 Å². The van der Waals surface area contributed by atoms with E-state index < -0.39 is 6.09 Å². The molecule has 1 saturated heterocycles. The molecule has 0 aliphatic carbocycles. The van der Waals surface area contributed by atoms with Crippen molar-refractivity contribution in [1.82, 2.24) is 4.31 Å². The third kappa shape index (κ3) is 4.62. The maximum absolute atomic E-state index is 11.7. The largest absolute Gasteiger partial charge is 0.446 e. The summed E-state index contributed by atoms with van der Waals surface area (Å²) in [5.41, 5.74) is 0. The Kier molecular flexibility index (Phi) is 6.08. The topological polar surface area (TPSA) is 51.1 Å². The molecule has 1 amide bonds. The summed E-state index contributed by atoms with van der Waals surface area (Å²) in [5.74, 6) is 0.548. The van der Waals surface area contributed by atoms with Gasteiger partial charge in [0.15, 0.2) is 0 Å². The molecule has 1 unspecified atom stereocenters. The van der Waals surface area contributed by atoms with Crippen LogP contribution in [0.5, 0.6) is 0 Å². The molecule has 1 aromatic carbocycles. The lowest BCUT2D eigenvalue weighted by molar-refractivity contribution is 0.132. The van der Waals surface area contributed by atoms with Crippen molar-refractivity contribution in [3.8, 4) is 0 Å². The van der Waals surface area contributed by atoms with E-state index in [-0.39, 0.29) is 6.10 Å². The van der Waals surface area contributed by atoms with Crippen LogP contribution in [0, 0.1) is 0 Å². The molecule has 0 saturated carbocycles. The van der Waals surface area contributed by atoms with Gasteiger partial charge in [-0.15, -0.1) is 0 Å². The highest BCUT2D eigenvalue weighted by molar-refractivity contribution is 8.75. The van der Waals surface area contributed by atoms with Crippen LogP contribution < -0.4 is 0 Å². The van der Waals surface area contributed by atoms with Crippen molar-refractivity contribution >= 4 is 44.7 Å². The number of hydrogen-bond acceptors (Lipinski definition) is 7. The van der Waals surface area contributed by atoms with Gasteiger partial charge in [0.25, 0.3) is 0 Å². The number of ether oxygens (including phenoxy) is 1. The molecule has 1 heterocycles. The van der Waals surface area contributed by atoms with Crippen LogP contribution in [0.4, 0.5) is 4.79 Å². The summed E-state index contributed by atoms with van der Waals surface area (Å²) in [7, 11) is 4.41. The number of carbonyl (C=O) groups is 1. The Morgan fingerprint density at radius 3 is 2.90 bits per heavy atom. The zero-order valence-electron chi connectivity index (χ0n) is 11.0. The van der Waals surface area contributed by atoms with Crippen molar-refractivity contribution in [1.29, 1.82) is 0 Å². The van der Waals surface area contributed by atoms with Crippen LogP contribution in [0.2, 0.25) is 0 Å². The second-order valence-corrected chi connectivity index (χ2v) is 7.05. The lowest BCUT2D eigenvalue weighted by atomic mass is 10.4. The van der Waals surface area contributed by atoms with E-state index in [4.69, 9.17) is 9.57 Å². The predicted octanol–water partition coefficient (Wildman–Crippen LogP) is 3.83. The maximum Gasteiger partial charge on any atom is 0.446 e. The minimum Gasteiger partial charge on any atom is -0.361 e. The maximum atomic E-state index is 11.7. The quantitative estimate of drug-likeness (QED) is 0.362. The summed E-state index contributed by atoms with van der Waals surface area (Å²) in [6.07, 6.45) is -0.616. The van der Waals surface area contributed by atoms with Crippen LogP contribution in [0.3, 0.4) is 0 Å². The standard InChI is InChI=1S/C12H14N2O3S3/c1-9-11(18-8-16-9)13-17-12(15)14(2)20-19-10-6-4-3-5-7-10/h3-7,9H,8H2,1-2H3. The molecule has 1 fully saturated rings. The molecular weight excluding hydrogens is 316 g/mol. The van der Waals surface area contributed by atoms with Gasteiger partial charge in [-0.25, -0.2) is 9.10 Å². The number of nitrogens with zero attached hydrogens (tertiary/aromatic N) is 2. The molecule has 2 rings (SSSR count). The summed E-state index contributed by atoms with van der Waals surface area (Å²) < 4.78 is 6.68. The van der Waals surface area contributed by atoms with E-state index in [0.29, 0.717) is 11.0 Å². The number of amides is 1. The Bertz CT molecular complexity index is 484. The highest BCUT2D eigenvalue weighted by atomic mass is 33.1. The van der Waals surface area contributed by atoms with Crippen molar-refractivity contribution in [2.45, 2.75) is 17.9 Å². The van der Waals surface area contributed by atoms with Gasteiger partial charge in [-0.3, -0.25) is 4.84 Å². The van der Waals surface area contributed by atoms with Crippen LogP contribution in [-0.2, 0) is 9.57 Å². The second kappa shape index (κ2) is 7.82. The first-order valence-corrected chi connectivity index (χ1v) is 8.92. The Labute approximate surface area is 130 Å². The molecule has 1 aliphatic heterocycles. The fourth-order valence-corrected chi connectivity index (χ4v) is 3.69. The van der Waals surface area contributed by atoms with E-state index in [1.54, 1.807) is 7.05 Å². The molecule has 0 radical (unpaired) electrons. The molecule has 20 heavy (non-hydrogen) atoms. The first-order valence-electron chi connectivity index (χ1n) is 5.83. The molecule has 8 heteroatoms. The smallest absolute Gasteiger partial charge is 0.361 e. The average Bonchev–Trinajstić information content (AvgIpc) is 2.88. The van der Waals surface area contributed by atoms with E-state index >= 15 is 0 Å². The number of hydrogen-bond donors (Lipinski definition) is 0. The van der Waals surface area contributed by atoms with Crippen LogP contribution in [0.15, 0.2) is 40.4 Å². The van der Waals surface area contributed by atoms with Gasteiger partial charge in [0, 0.05) is 22.9 Å². The minimum atomic E-state index is -0.509. The van der Waals surface area contributed by atoms with E-state index in [0.717, 1.165) is 4.90 Å². The SMILES string of the molecule is CC1OCSC1=NOC(=O)N(C)SSc1ccccc1. The van der Waals surface area contributed by atoms with Gasteiger partial charge in [0.05, 0.1) is 5.94 Å². The monoisotopic (exact) mass is 330 g/mol. The van der Waals surface area contributed by atoms with Crippen molar-refractivity contribution in [2.75, 3.05) is 13.0 Å². The first-order chi connectivity index (χ1) is 9.66. The fraction of sp³-hybridized carbons (Fsp3) is 0.333. The van der Waals surface area contributed by atoms with E-state index in [1.165, 1.54) is 37.8 Å². The number of thioether (sulfide) groups is 1. The average molecular weight is 330 g/mol. The third-order valence-electron chi connectivity index (χ3n) is 2.33. The highest BCUT2D eigenvalue weighted by Gasteiger charge is 2.21. The summed E-state index contributed by atoms with van der Waals surface area (Å²) >= 11 is 1.43. The number of carbonyl (C=O) groups excluding carboxylic acids is 1. The molecular formula is C12H14N2O3S3. The molecule has 0 spiro atoms. The van der Waals surface area contributed by atoms with Gasteiger partial charge in [0.2, 0.25) is 0 Å². The van der Waals surface area contributed by atoms with Crippen LogP contribution >= 0.6 is 33.5 Å². The third-order valence-corrected chi connectivity index (χ3v) is 5.67. The molecule has 0 aromatic heterocycles. The van der Waals surface area contributed by atoms with Gasteiger partial charge in [0.1, 0.15) is 11.1 Å². The van der Waals surface area contributed by atoms with Gasteiger partial charge >= 0.3 is 6.09 Å². The normalized spacial score (nSPS) is 20.1. The van der Waals surface area contributed by atoms with Crippen molar-refractivity contribution in [3.63, 3.8) is 0 Å². The predicted molar refractivity (Wildman–Crippen MR) is 84.6 cm³/mol. The molecule has 0 N–H and O–H groups in total. The summed E-state index contributed by atoms with van der Waals surface area (Å²) in [5, 5.41) is 4.51.